The van der Waals surface area contributed by atoms with Crippen molar-refractivity contribution in [2.45, 2.75) is 38.8 Å². The van der Waals surface area contributed by atoms with E-state index in [4.69, 9.17) is 9.47 Å². The minimum atomic E-state index is -0.0782. The molecule has 148 valence electrons. The maximum atomic E-state index is 12.3. The molecule has 7 heteroatoms. The Balaban J connectivity index is 1.68. The molecule has 2 aromatic heterocycles. The number of aryl methyl sites for hydroxylation is 1. The molecule has 1 saturated heterocycles. The number of nitrogens with zero attached hydrogens (tertiary/aromatic N) is 3. The maximum Gasteiger partial charge on any atom is 0.272 e. The fourth-order valence-corrected chi connectivity index (χ4v) is 4.13. The van der Waals surface area contributed by atoms with Crippen LogP contribution in [0.1, 0.15) is 42.3 Å². The zero-order valence-electron chi connectivity index (χ0n) is 16.6. The van der Waals surface area contributed by atoms with E-state index < -0.39 is 0 Å². The molecule has 0 radical (unpaired) electrons. The molecule has 1 atom stereocenters. The number of hydrogen-bond donors (Lipinski definition) is 1. The molecule has 28 heavy (non-hydrogen) atoms. The highest BCUT2D eigenvalue weighted by atomic mass is 16.5. The van der Waals surface area contributed by atoms with Gasteiger partial charge in [-0.25, -0.2) is 9.50 Å². The summed E-state index contributed by atoms with van der Waals surface area (Å²) in [6, 6.07) is 9.73. The standard InChI is InChI=1S/C21H26N4O3/c1-14-11-20(26)25-19(22-14)12-16(23-25)17-8-4-5-10-24(17)13-15-7-6-9-18(27-2)21(15)28-3/h6-7,9,11-12,17,23H,4-5,8,10,13H2,1-3H3. The first-order valence-electron chi connectivity index (χ1n) is 9.64. The largest absolute Gasteiger partial charge is 0.493 e. The van der Waals surface area contributed by atoms with Crippen LogP contribution in [0, 0.1) is 6.92 Å². The monoisotopic (exact) mass is 382 g/mol. The number of nitrogens with one attached hydrogen (secondary N) is 1. The lowest BCUT2D eigenvalue weighted by atomic mass is 9.98. The lowest BCUT2D eigenvalue weighted by Gasteiger charge is -2.35. The molecule has 1 aliphatic heterocycles. The molecule has 1 aromatic carbocycles. The molecule has 3 heterocycles. The molecular formula is C21H26N4O3. The number of para-hydroxylation sites is 1. The van der Waals surface area contributed by atoms with Gasteiger partial charge in [0, 0.05) is 29.9 Å². The number of H-pyrrole nitrogens is 1. The second kappa shape index (κ2) is 7.67. The van der Waals surface area contributed by atoms with Crippen molar-refractivity contribution in [2.75, 3.05) is 20.8 Å². The van der Waals surface area contributed by atoms with E-state index in [1.165, 1.54) is 4.52 Å². The van der Waals surface area contributed by atoms with Gasteiger partial charge < -0.3 is 9.47 Å². The van der Waals surface area contributed by atoms with Gasteiger partial charge in [-0.15, -0.1) is 0 Å². The lowest BCUT2D eigenvalue weighted by Crippen LogP contribution is -2.33. The summed E-state index contributed by atoms with van der Waals surface area (Å²) in [7, 11) is 3.33. The highest BCUT2D eigenvalue weighted by Gasteiger charge is 2.27. The van der Waals surface area contributed by atoms with Gasteiger partial charge in [-0.1, -0.05) is 18.6 Å². The van der Waals surface area contributed by atoms with Gasteiger partial charge in [-0.05, 0) is 32.4 Å². The summed E-state index contributed by atoms with van der Waals surface area (Å²) >= 11 is 0. The Morgan fingerprint density at radius 1 is 1.21 bits per heavy atom. The molecule has 3 aromatic rings. The first kappa shape index (κ1) is 18.6. The number of ether oxygens (including phenoxy) is 2. The van der Waals surface area contributed by atoms with Crippen molar-refractivity contribution in [3.05, 3.63) is 57.6 Å². The second-order valence-corrected chi connectivity index (χ2v) is 7.28. The van der Waals surface area contributed by atoms with Crippen LogP contribution in [0.2, 0.25) is 0 Å². The van der Waals surface area contributed by atoms with E-state index in [2.05, 4.69) is 21.0 Å². The predicted octanol–water partition coefficient (Wildman–Crippen LogP) is 3.08. The Hall–Kier alpha value is -2.80. The van der Waals surface area contributed by atoms with Crippen molar-refractivity contribution < 1.29 is 9.47 Å². The maximum absolute atomic E-state index is 12.3. The minimum absolute atomic E-state index is 0.0782. The fourth-order valence-electron chi connectivity index (χ4n) is 4.13. The number of fused-ring (bicyclic) bond motifs is 1. The van der Waals surface area contributed by atoms with Crippen molar-refractivity contribution >= 4 is 5.65 Å². The molecule has 4 rings (SSSR count). The van der Waals surface area contributed by atoms with Crippen LogP contribution in [0.3, 0.4) is 0 Å². The van der Waals surface area contributed by atoms with Crippen molar-refractivity contribution in [2.24, 2.45) is 0 Å². The van der Waals surface area contributed by atoms with Gasteiger partial charge in [0.25, 0.3) is 5.56 Å². The van der Waals surface area contributed by atoms with Gasteiger partial charge in [0.2, 0.25) is 0 Å². The van der Waals surface area contributed by atoms with Crippen LogP contribution < -0.4 is 15.0 Å². The van der Waals surface area contributed by atoms with Crippen LogP contribution in [-0.2, 0) is 6.54 Å². The van der Waals surface area contributed by atoms with E-state index in [1.807, 2.05) is 25.1 Å². The number of hydrogen-bond acceptors (Lipinski definition) is 5. The number of aromatic amines is 1. The lowest BCUT2D eigenvalue weighted by molar-refractivity contribution is 0.135. The van der Waals surface area contributed by atoms with E-state index >= 15 is 0 Å². The fraction of sp³-hybridized carbons (Fsp3) is 0.429. The number of methoxy groups -OCH3 is 2. The average Bonchev–Trinajstić information content (AvgIpc) is 3.12. The molecule has 0 aliphatic carbocycles. The zero-order valence-corrected chi connectivity index (χ0v) is 16.6. The zero-order chi connectivity index (χ0) is 19.7. The van der Waals surface area contributed by atoms with E-state index in [0.29, 0.717) is 5.65 Å². The third kappa shape index (κ3) is 3.38. The van der Waals surface area contributed by atoms with Crippen molar-refractivity contribution in [1.29, 1.82) is 0 Å². The number of piperidine rings is 1. The van der Waals surface area contributed by atoms with Gasteiger partial charge in [0.05, 0.1) is 26.0 Å². The molecule has 1 N–H and O–H groups in total. The highest BCUT2D eigenvalue weighted by Crippen LogP contribution is 2.36. The number of benzene rings is 1. The summed E-state index contributed by atoms with van der Waals surface area (Å²) in [6.45, 7) is 3.58. The van der Waals surface area contributed by atoms with Crippen molar-refractivity contribution in [3.63, 3.8) is 0 Å². The molecule has 1 unspecified atom stereocenters. The molecule has 0 spiro atoms. The summed E-state index contributed by atoms with van der Waals surface area (Å²) in [5, 5.41) is 3.27. The van der Waals surface area contributed by atoms with Crippen LogP contribution in [0.5, 0.6) is 11.5 Å². The van der Waals surface area contributed by atoms with Gasteiger partial charge in [-0.3, -0.25) is 14.8 Å². The number of aromatic nitrogens is 3. The van der Waals surface area contributed by atoms with E-state index in [-0.39, 0.29) is 11.6 Å². The first-order chi connectivity index (χ1) is 13.6. The number of likely N-dealkylation sites (tertiary alicyclic amines) is 1. The Kier molecular flexibility index (Phi) is 5.09. The Morgan fingerprint density at radius 3 is 2.86 bits per heavy atom. The quantitative estimate of drug-likeness (QED) is 0.734. The average molecular weight is 382 g/mol. The summed E-state index contributed by atoms with van der Waals surface area (Å²) in [5.74, 6) is 1.52. The Morgan fingerprint density at radius 2 is 2.07 bits per heavy atom. The number of rotatable bonds is 5. The highest BCUT2D eigenvalue weighted by molar-refractivity contribution is 5.46. The molecule has 0 saturated carbocycles. The van der Waals surface area contributed by atoms with Crippen molar-refractivity contribution in [3.8, 4) is 11.5 Å². The van der Waals surface area contributed by atoms with Crippen LogP contribution in [-0.4, -0.2) is 40.3 Å². The van der Waals surface area contributed by atoms with Crippen LogP contribution >= 0.6 is 0 Å². The third-order valence-corrected chi connectivity index (χ3v) is 5.43. The molecule has 7 nitrogen and oxygen atoms in total. The first-order valence-corrected chi connectivity index (χ1v) is 9.64. The second-order valence-electron chi connectivity index (χ2n) is 7.28. The molecular weight excluding hydrogens is 356 g/mol. The van der Waals surface area contributed by atoms with E-state index in [9.17, 15) is 4.79 Å². The normalized spacial score (nSPS) is 17.8. The van der Waals surface area contributed by atoms with Gasteiger partial charge in [0.1, 0.15) is 0 Å². The van der Waals surface area contributed by atoms with E-state index in [0.717, 1.165) is 60.8 Å². The SMILES string of the molecule is COc1cccc(CN2CCCCC2c2cc3nc(C)cc(=O)n3[nH]2)c1OC. The molecule has 1 fully saturated rings. The van der Waals surface area contributed by atoms with Crippen LogP contribution in [0.25, 0.3) is 5.65 Å². The Bertz CT molecular complexity index is 1040. The van der Waals surface area contributed by atoms with Gasteiger partial charge in [0.15, 0.2) is 17.1 Å². The van der Waals surface area contributed by atoms with E-state index in [1.54, 1.807) is 20.3 Å². The summed E-state index contributed by atoms with van der Waals surface area (Å²) in [6.07, 6.45) is 3.35. The topological polar surface area (TPSA) is 71.9 Å². The summed E-state index contributed by atoms with van der Waals surface area (Å²) in [4.78, 5) is 19.2. The van der Waals surface area contributed by atoms with Crippen LogP contribution in [0.15, 0.2) is 35.1 Å². The molecule has 1 aliphatic rings. The van der Waals surface area contributed by atoms with Crippen LogP contribution in [0.4, 0.5) is 0 Å². The minimum Gasteiger partial charge on any atom is -0.493 e. The van der Waals surface area contributed by atoms with Gasteiger partial charge in [-0.2, -0.15) is 0 Å². The Labute approximate surface area is 163 Å². The predicted molar refractivity (Wildman–Crippen MR) is 107 cm³/mol. The van der Waals surface area contributed by atoms with Crippen molar-refractivity contribution in [1.82, 2.24) is 19.5 Å². The summed E-state index contributed by atoms with van der Waals surface area (Å²) in [5.41, 5.74) is 3.44. The smallest absolute Gasteiger partial charge is 0.272 e. The molecule has 0 amide bonds. The van der Waals surface area contributed by atoms with Gasteiger partial charge >= 0.3 is 0 Å². The summed E-state index contributed by atoms with van der Waals surface area (Å²) < 4.78 is 12.6. The molecule has 0 bridgehead atoms. The third-order valence-electron chi connectivity index (χ3n) is 5.43.